The molecule has 0 bridgehead atoms. The molecule has 41 heteroatoms. The Morgan fingerprint density at radius 3 is 1.05 bits per heavy atom. The summed E-state index contributed by atoms with van der Waals surface area (Å²) in [4.78, 5) is 5.34. The van der Waals surface area contributed by atoms with Gasteiger partial charge in [0.15, 0.2) is 0 Å². The van der Waals surface area contributed by atoms with E-state index in [1.165, 1.54) is 157 Å². The number of hydrogen-bond acceptors (Lipinski definition) is 2. The minimum atomic E-state index is -0.523. The van der Waals surface area contributed by atoms with Gasteiger partial charge in [0.1, 0.15) is 0 Å². The van der Waals surface area contributed by atoms with Crippen molar-refractivity contribution in [2.24, 2.45) is 0 Å². The third-order valence-corrected chi connectivity index (χ3v) is 2750. The van der Waals surface area contributed by atoms with Crippen LogP contribution in [0, 0.1) is 41.5 Å². The summed E-state index contributed by atoms with van der Waals surface area (Å²) >= 11 is 68.0. The summed E-state index contributed by atoms with van der Waals surface area (Å²) in [7, 11) is -8.19. The summed E-state index contributed by atoms with van der Waals surface area (Å²) in [5, 5.41) is 3.45. The molecule has 14 rings (SSSR count). The van der Waals surface area contributed by atoms with Crippen LogP contribution >= 0.6 is 500 Å². The Kier molecular flexibility index (Phi) is 52.9. The van der Waals surface area contributed by atoms with Crippen molar-refractivity contribution in [3.8, 4) is 16.8 Å². The predicted molar refractivity (Wildman–Crippen MR) is 826 cm³/mol. The number of anilines is 4. The Morgan fingerprint density at radius 2 is 0.670 bits per heavy atom. The second kappa shape index (κ2) is 52.5. The number of aryl methyl sites for hydroxylation is 6. The van der Waals surface area contributed by atoms with Crippen LogP contribution in [0.5, 0.6) is 0 Å². The normalized spacial score (nSPS) is 21.4. The van der Waals surface area contributed by atoms with E-state index in [-0.39, 0.29) is 29.8 Å². The van der Waals surface area contributed by atoms with E-state index >= 15 is 0 Å². The monoisotopic (exact) mass is 5700 g/mol. The fraction of sp³-hybridized carbons (Fsp3) is 0.324. The maximum absolute atomic E-state index is 6.45. The van der Waals surface area contributed by atoms with Crippen molar-refractivity contribution in [2.45, 2.75) is 149 Å². The Bertz CT molecular complexity index is 4700. The van der Waals surface area contributed by atoms with Gasteiger partial charge in [-0.05, 0) is 215 Å². The fourth-order valence-corrected chi connectivity index (χ4v) is 6510. The van der Waals surface area contributed by atoms with Crippen LogP contribution in [0.15, 0.2) is 158 Å². The first-order chi connectivity index (χ1) is 52.9. The molecule has 5 aliphatic rings. The van der Waals surface area contributed by atoms with E-state index in [2.05, 4.69) is 589 Å². The topological polar surface area (TPSA) is 11.4 Å². The quantitative estimate of drug-likeness (QED) is 0.0705. The van der Waals surface area contributed by atoms with Crippen molar-refractivity contribution >= 4 is 544 Å². The molecular weight excluding hydrogens is 5630 g/mol. The van der Waals surface area contributed by atoms with Gasteiger partial charge in [-0.25, -0.2) is 0 Å². The maximum atomic E-state index is 6.45. The van der Waals surface area contributed by atoms with Crippen molar-refractivity contribution in [3.63, 3.8) is 0 Å². The zero-order valence-electron chi connectivity index (χ0n) is 60.1. The first kappa shape index (κ1) is 113. The molecule has 0 radical (unpaired) electrons. The smallest absolute Gasteiger partial charge is 0.00135 e. The van der Waals surface area contributed by atoms with Gasteiger partial charge in [0.05, 0.1) is 22.1 Å². The molecule has 2 aliphatic heterocycles. The van der Waals surface area contributed by atoms with E-state index in [1.807, 2.05) is 6.07 Å². The number of fused-ring (bicyclic) bond motifs is 12. The molecule has 2 saturated carbocycles. The molecule has 3 nitrogen and oxygen atoms in total. The number of nitrogens with zero attached hydrogens (tertiary/aromatic N) is 3. The Hall–Kier alpha value is 20.5. The van der Waals surface area contributed by atoms with Gasteiger partial charge in [0, 0.05) is 55.1 Å². The Balaban J connectivity index is 0.000000155. The number of halogens is 38. The average molecular weight is 5700 g/mol. The van der Waals surface area contributed by atoms with Crippen molar-refractivity contribution in [2.75, 3.05) is 9.80 Å². The van der Waals surface area contributed by atoms with E-state index < -0.39 is 126 Å². The minimum absolute atomic E-state index is 0.0536. The molecule has 112 heavy (non-hydrogen) atoms. The number of rotatable bonds is 20. The molecule has 0 saturated heterocycles. The number of benzene rings is 8. The van der Waals surface area contributed by atoms with Crippen molar-refractivity contribution in [3.05, 3.63) is 218 Å². The third kappa shape index (κ3) is 26.6. The minimum Gasteiger partial charge on any atom is -0.0619 e. The second-order valence-electron chi connectivity index (χ2n) is 26.9. The number of para-hydroxylation sites is 2. The molecular formula is C71H74ClI37N3-. The predicted octanol–water partition coefficient (Wildman–Crippen LogP) is 48.6. The van der Waals surface area contributed by atoms with Gasteiger partial charge in [0.2, 0.25) is 0 Å². The van der Waals surface area contributed by atoms with E-state index in [1.54, 1.807) is 11.1 Å². The summed E-state index contributed by atoms with van der Waals surface area (Å²) < 4.78 is 2.46. The first-order valence-corrected chi connectivity index (χ1v) is 260. The van der Waals surface area contributed by atoms with Crippen LogP contribution in [0.3, 0.4) is 0 Å². The van der Waals surface area contributed by atoms with Crippen molar-refractivity contribution < 1.29 is 13.3 Å². The van der Waals surface area contributed by atoms with Gasteiger partial charge >= 0.3 is 501 Å². The van der Waals surface area contributed by atoms with E-state index in [4.69, 9.17) is 11.6 Å². The second-order valence-corrected chi connectivity index (χ2v) is 872. The van der Waals surface area contributed by atoms with Gasteiger partial charge in [-0.3, -0.25) is 0 Å². The molecule has 4 unspecified atom stereocenters. The van der Waals surface area contributed by atoms with Crippen LogP contribution in [-0.4, -0.2) is 15.6 Å². The van der Waals surface area contributed by atoms with Gasteiger partial charge in [-0.15, -0.1) is 0 Å². The number of aromatic nitrogens is 1. The molecule has 4 atom stereocenters. The molecule has 0 amide bonds. The summed E-state index contributed by atoms with van der Waals surface area (Å²) in [5.74, 6) is 0. The zero-order valence-corrected chi connectivity index (χ0v) is 141. The van der Waals surface area contributed by atoms with E-state index in [0.29, 0.717) is 13.3 Å². The largest absolute Gasteiger partial charge is 0.0619 e. The molecule has 3 heterocycles. The molecule has 0 spiro atoms. The third-order valence-electron chi connectivity index (χ3n) is 20.5. The summed E-state index contributed by atoms with van der Waals surface area (Å²) in [6.45, 7) is 23.5. The zero-order chi connectivity index (χ0) is 81.7. The molecule has 3 aliphatic carbocycles. The van der Waals surface area contributed by atoms with Crippen LogP contribution in [0.2, 0.25) is 5.02 Å². The van der Waals surface area contributed by atoms with Gasteiger partial charge < -0.3 is 14.4 Å². The average Bonchev–Trinajstić information content (AvgIpc) is 1.53. The molecule has 640 valence electrons. The summed E-state index contributed by atoms with van der Waals surface area (Å²) in [5.41, 5.74) is 26.6. The maximum Gasteiger partial charge on any atom is -0.00135 e. The van der Waals surface area contributed by atoms with Crippen molar-refractivity contribution in [1.29, 1.82) is 0 Å². The fourth-order valence-electron chi connectivity index (χ4n) is 16.2. The molecule has 1 aromatic heterocycles. The van der Waals surface area contributed by atoms with Crippen LogP contribution < -0.4 is 23.1 Å². The van der Waals surface area contributed by atoms with Gasteiger partial charge in [0.25, 0.3) is 0 Å². The molecule has 2 fully saturated rings. The summed E-state index contributed by atoms with van der Waals surface area (Å²) in [6.07, 6.45) is 11.3. The summed E-state index contributed by atoms with van der Waals surface area (Å²) in [6, 6.07) is 58.2. The SMILES string of the molecule is Cc1cc(Cl)cc(N2c3cc(C)cc(C)c3C3(C)CCCCC23C)c1.Cc1cc(N2c3cc(C)cc(C)c3C3(C)CCCCC23C)cc(-n2c3ccccc3c3ccccc32)c1.I[I-]I(I)I(I)I(I)I(I)I(I)I(I)I(I)I(I)I(I)I(I)I(I)I(I)I(I)I(I)I(I)I(I)I(I)I.c1ccc2c(c1)Cc1ccccc1-2. The van der Waals surface area contributed by atoms with E-state index in [9.17, 15) is 0 Å². The molecule has 9 aromatic rings. The Labute approximate surface area is 922 Å². The van der Waals surface area contributed by atoms with Crippen LogP contribution in [0.4, 0.5) is 22.7 Å². The van der Waals surface area contributed by atoms with E-state index in [0.717, 1.165) is 11.4 Å². The number of hydrogen-bond donors (Lipinski definition) is 0. The van der Waals surface area contributed by atoms with Crippen LogP contribution in [-0.2, 0) is 17.3 Å². The Morgan fingerprint density at radius 1 is 0.348 bits per heavy atom. The molecule has 8 aromatic carbocycles. The van der Waals surface area contributed by atoms with Gasteiger partial charge in [-0.1, -0.05) is 148 Å². The van der Waals surface area contributed by atoms with Crippen LogP contribution in [0.1, 0.15) is 135 Å². The van der Waals surface area contributed by atoms with Gasteiger partial charge in [-0.2, -0.15) is 0 Å². The molecule has 0 N–H and O–H groups in total. The first-order valence-electron chi connectivity index (χ1n) is 33.0. The van der Waals surface area contributed by atoms with Crippen LogP contribution in [0.25, 0.3) is 38.6 Å². The standard InChI is InChI=1S/C35H36N2.C23H28ClN.C13H10.I37/c1-23-18-25(3)33-32(21-23)37(35(5)17-11-10-16-34(33,35)4)27-20-24(2)19-26(22-27)36-30-14-8-6-12-28(30)29-13-7-9-15-31(29)36;1-15-10-17(3)21-20(13-15)25(19-12-16(2)11-18(24)14-19)23(5)9-7-6-8-22(21,23)4;1-3-7-12-10(5-1)9-11-6-2-4-8-13(11)12;1-20-22(4)24(6)26(8)28(10)30(12)32(14)34(16)36(18)37(19)35(17)33(15)31(13)29(11)27(9)25(7)23(5)21(2)3/h6-9,12-15,18-22H,10-11,16-17H2,1-5H3;10-14H,6-9H2,1-5H3;1-8H,9H2;/q;;;-1. The van der Waals surface area contributed by atoms with Crippen molar-refractivity contribution in [1.82, 2.24) is 4.57 Å².